The minimum absolute atomic E-state index is 0.719. The van der Waals surface area contributed by atoms with Gasteiger partial charge in [0.25, 0.3) is 0 Å². The summed E-state index contributed by atoms with van der Waals surface area (Å²) in [5.74, 6) is 2.52. The van der Waals surface area contributed by atoms with Crippen LogP contribution >= 0.6 is 11.8 Å². The van der Waals surface area contributed by atoms with Gasteiger partial charge in [0.1, 0.15) is 0 Å². The molecule has 1 aromatic heterocycles. The number of thioether (sulfide) groups is 1. The highest BCUT2D eigenvalue weighted by molar-refractivity contribution is 7.99. The van der Waals surface area contributed by atoms with Crippen LogP contribution in [0.3, 0.4) is 0 Å². The van der Waals surface area contributed by atoms with Crippen molar-refractivity contribution in [3.05, 3.63) is 18.5 Å². The Morgan fingerprint density at radius 1 is 1.44 bits per heavy atom. The van der Waals surface area contributed by atoms with Crippen molar-refractivity contribution in [3.8, 4) is 0 Å². The average molecular weight is 238 g/mol. The topological polar surface area (TPSA) is 54.2 Å². The fourth-order valence-electron chi connectivity index (χ4n) is 1.74. The van der Waals surface area contributed by atoms with E-state index in [0.29, 0.717) is 0 Å². The minimum Gasteiger partial charge on any atom is -0.396 e. The first-order valence-electron chi connectivity index (χ1n) is 5.60. The summed E-state index contributed by atoms with van der Waals surface area (Å²) in [6, 6.07) is 1.92. The van der Waals surface area contributed by atoms with Crippen LogP contribution < -0.4 is 11.1 Å². The van der Waals surface area contributed by atoms with Gasteiger partial charge in [0.05, 0.1) is 17.6 Å². The Hall–Kier alpha value is -0.940. The second-order valence-corrected chi connectivity index (χ2v) is 5.07. The van der Waals surface area contributed by atoms with E-state index < -0.39 is 0 Å². The Balaban J connectivity index is 1.73. The molecule has 16 heavy (non-hydrogen) atoms. The molecule has 0 aliphatic carbocycles. The third-order valence-electron chi connectivity index (χ3n) is 2.70. The van der Waals surface area contributed by atoms with Crippen molar-refractivity contribution >= 4 is 23.1 Å². The predicted octanol–water partition coefficient (Wildman–Crippen LogP) is 1.12. The van der Waals surface area contributed by atoms with Gasteiger partial charge in [0.15, 0.2) is 0 Å². The zero-order chi connectivity index (χ0) is 11.2. The van der Waals surface area contributed by atoms with Gasteiger partial charge in [-0.05, 0) is 6.07 Å². The lowest BCUT2D eigenvalue weighted by Gasteiger charge is -2.26. The van der Waals surface area contributed by atoms with Crippen LogP contribution in [0.15, 0.2) is 18.5 Å². The number of rotatable bonds is 4. The highest BCUT2D eigenvalue weighted by Gasteiger charge is 2.09. The molecule has 3 N–H and O–H groups in total. The monoisotopic (exact) mass is 238 g/mol. The van der Waals surface area contributed by atoms with E-state index in [1.807, 2.05) is 17.8 Å². The number of nitrogens with zero attached hydrogens (tertiary/aromatic N) is 2. The van der Waals surface area contributed by atoms with Gasteiger partial charge in [0.2, 0.25) is 0 Å². The molecule has 5 heteroatoms. The van der Waals surface area contributed by atoms with Crippen LogP contribution in [0.25, 0.3) is 0 Å². The fraction of sp³-hybridized carbons (Fsp3) is 0.545. The van der Waals surface area contributed by atoms with Gasteiger partial charge < -0.3 is 11.1 Å². The summed E-state index contributed by atoms with van der Waals surface area (Å²) in [7, 11) is 0. The predicted molar refractivity (Wildman–Crippen MR) is 70.9 cm³/mol. The third kappa shape index (κ3) is 3.28. The lowest BCUT2D eigenvalue weighted by molar-refractivity contribution is 0.314. The molecule has 1 aliphatic rings. The lowest BCUT2D eigenvalue weighted by atomic mass is 10.3. The van der Waals surface area contributed by atoms with Crippen molar-refractivity contribution in [1.29, 1.82) is 0 Å². The Morgan fingerprint density at radius 3 is 3.00 bits per heavy atom. The summed E-state index contributed by atoms with van der Waals surface area (Å²) in [4.78, 5) is 6.45. The van der Waals surface area contributed by atoms with Gasteiger partial charge in [-0.2, -0.15) is 11.8 Å². The van der Waals surface area contributed by atoms with Crippen molar-refractivity contribution in [1.82, 2.24) is 9.88 Å². The van der Waals surface area contributed by atoms with E-state index in [0.717, 1.165) is 24.5 Å². The first-order valence-corrected chi connectivity index (χ1v) is 6.75. The van der Waals surface area contributed by atoms with Crippen molar-refractivity contribution in [2.45, 2.75) is 0 Å². The molecule has 0 unspecified atom stereocenters. The SMILES string of the molecule is Nc1cnccc1NCCN1CCSCC1. The maximum Gasteiger partial charge on any atom is 0.0736 e. The molecule has 1 saturated heterocycles. The van der Waals surface area contributed by atoms with E-state index in [-0.39, 0.29) is 0 Å². The van der Waals surface area contributed by atoms with E-state index in [9.17, 15) is 0 Å². The van der Waals surface area contributed by atoms with Crippen LogP contribution in [-0.2, 0) is 0 Å². The number of pyridine rings is 1. The number of aromatic nitrogens is 1. The zero-order valence-electron chi connectivity index (χ0n) is 9.35. The Bertz CT molecular complexity index is 326. The van der Waals surface area contributed by atoms with Crippen LogP contribution in [0.5, 0.6) is 0 Å². The maximum atomic E-state index is 5.80. The Kier molecular flexibility index (Phi) is 4.30. The quantitative estimate of drug-likeness (QED) is 0.823. The molecular weight excluding hydrogens is 220 g/mol. The number of nitrogens with two attached hydrogens (primary N) is 1. The second kappa shape index (κ2) is 5.96. The fourth-order valence-corrected chi connectivity index (χ4v) is 2.72. The van der Waals surface area contributed by atoms with E-state index in [2.05, 4.69) is 15.2 Å². The van der Waals surface area contributed by atoms with Gasteiger partial charge in [-0.15, -0.1) is 0 Å². The molecule has 4 nitrogen and oxygen atoms in total. The molecule has 2 rings (SSSR count). The van der Waals surface area contributed by atoms with Gasteiger partial charge >= 0.3 is 0 Å². The van der Waals surface area contributed by atoms with Crippen LogP contribution in [0.2, 0.25) is 0 Å². The van der Waals surface area contributed by atoms with Crippen LogP contribution in [0, 0.1) is 0 Å². The molecule has 0 saturated carbocycles. The van der Waals surface area contributed by atoms with Crippen molar-refractivity contribution in [2.24, 2.45) is 0 Å². The van der Waals surface area contributed by atoms with Crippen LogP contribution in [0.4, 0.5) is 11.4 Å². The largest absolute Gasteiger partial charge is 0.396 e. The Morgan fingerprint density at radius 2 is 2.25 bits per heavy atom. The summed E-state index contributed by atoms with van der Waals surface area (Å²) in [6.45, 7) is 4.44. The standard InChI is InChI=1S/C11H18N4S/c12-10-9-13-2-1-11(10)14-3-4-15-5-7-16-8-6-15/h1-2,9H,3-8,12H2,(H,13,14). The summed E-state index contributed by atoms with van der Waals surface area (Å²) in [5, 5.41) is 3.35. The van der Waals surface area contributed by atoms with Gasteiger partial charge in [-0.1, -0.05) is 0 Å². The maximum absolute atomic E-state index is 5.80. The zero-order valence-corrected chi connectivity index (χ0v) is 10.2. The summed E-state index contributed by atoms with van der Waals surface area (Å²) < 4.78 is 0. The summed E-state index contributed by atoms with van der Waals surface area (Å²) >= 11 is 2.04. The second-order valence-electron chi connectivity index (χ2n) is 3.84. The van der Waals surface area contributed by atoms with Gasteiger partial charge in [0, 0.05) is 43.9 Å². The molecule has 0 bridgehead atoms. The van der Waals surface area contributed by atoms with Gasteiger partial charge in [-0.3, -0.25) is 9.88 Å². The highest BCUT2D eigenvalue weighted by atomic mass is 32.2. The smallest absolute Gasteiger partial charge is 0.0736 e. The first kappa shape index (κ1) is 11.5. The summed E-state index contributed by atoms with van der Waals surface area (Å²) in [5.41, 5.74) is 7.50. The average Bonchev–Trinajstić information content (AvgIpc) is 2.33. The molecule has 0 aromatic carbocycles. The van der Waals surface area contributed by atoms with E-state index in [1.165, 1.54) is 24.6 Å². The molecule has 1 fully saturated rings. The van der Waals surface area contributed by atoms with Crippen molar-refractivity contribution in [2.75, 3.05) is 48.7 Å². The van der Waals surface area contributed by atoms with E-state index >= 15 is 0 Å². The molecule has 0 atom stereocenters. The molecule has 0 radical (unpaired) electrons. The van der Waals surface area contributed by atoms with E-state index in [1.54, 1.807) is 12.4 Å². The molecule has 1 aliphatic heterocycles. The molecular formula is C11H18N4S. The highest BCUT2D eigenvalue weighted by Crippen LogP contribution is 2.14. The summed E-state index contributed by atoms with van der Waals surface area (Å²) in [6.07, 6.45) is 3.44. The number of anilines is 2. The van der Waals surface area contributed by atoms with Gasteiger partial charge in [-0.25, -0.2) is 0 Å². The number of hydrogen-bond acceptors (Lipinski definition) is 5. The molecule has 0 spiro atoms. The minimum atomic E-state index is 0.719. The van der Waals surface area contributed by atoms with Crippen LogP contribution in [0.1, 0.15) is 0 Å². The Labute approximate surface area is 101 Å². The van der Waals surface area contributed by atoms with Crippen molar-refractivity contribution < 1.29 is 0 Å². The first-order chi connectivity index (χ1) is 7.86. The molecule has 2 heterocycles. The van der Waals surface area contributed by atoms with Crippen molar-refractivity contribution in [3.63, 3.8) is 0 Å². The number of nitrogen functional groups attached to an aromatic ring is 1. The normalized spacial score (nSPS) is 17.2. The molecule has 1 aromatic rings. The third-order valence-corrected chi connectivity index (χ3v) is 3.64. The lowest BCUT2D eigenvalue weighted by Crippen LogP contribution is -2.36. The molecule has 88 valence electrons. The van der Waals surface area contributed by atoms with Crippen LogP contribution in [-0.4, -0.2) is 47.6 Å². The number of hydrogen-bond donors (Lipinski definition) is 2. The molecule has 0 amide bonds. The van der Waals surface area contributed by atoms with E-state index in [4.69, 9.17) is 5.73 Å². The number of nitrogens with one attached hydrogen (secondary N) is 1.